The summed E-state index contributed by atoms with van der Waals surface area (Å²) in [7, 11) is 0. The molecule has 2 N–H and O–H groups in total. The summed E-state index contributed by atoms with van der Waals surface area (Å²) >= 11 is 0. The van der Waals surface area contributed by atoms with Gasteiger partial charge in [-0.3, -0.25) is 0 Å². The van der Waals surface area contributed by atoms with Crippen molar-refractivity contribution in [1.82, 2.24) is 4.90 Å². The van der Waals surface area contributed by atoms with Gasteiger partial charge < -0.3 is 29.7 Å². The van der Waals surface area contributed by atoms with Crippen LogP contribution >= 0.6 is 0 Å². The number of urea groups is 1. The number of hydrogen-bond donors (Lipinski definition) is 2. The number of ether oxygens (including phenoxy) is 2. The first kappa shape index (κ1) is 19.7. The Hall–Kier alpha value is -3.09. The second kappa shape index (κ2) is 9.21. The van der Waals surface area contributed by atoms with Crippen molar-refractivity contribution in [2.45, 2.75) is 13.8 Å². The van der Waals surface area contributed by atoms with Gasteiger partial charge in [0, 0.05) is 32.2 Å². The first-order valence-corrected chi connectivity index (χ1v) is 9.61. The van der Waals surface area contributed by atoms with Gasteiger partial charge in [0.15, 0.2) is 0 Å². The fourth-order valence-electron chi connectivity index (χ4n) is 3.22. The van der Waals surface area contributed by atoms with E-state index in [1.807, 2.05) is 32.0 Å². The molecule has 0 aliphatic carbocycles. The molecule has 0 saturated carbocycles. The van der Waals surface area contributed by atoms with Gasteiger partial charge in [-0.1, -0.05) is 12.1 Å². The Morgan fingerprint density at radius 3 is 2.43 bits per heavy atom. The van der Waals surface area contributed by atoms with E-state index in [0.717, 1.165) is 5.69 Å². The summed E-state index contributed by atoms with van der Waals surface area (Å²) in [5, 5.41) is 13.0. The van der Waals surface area contributed by atoms with E-state index in [1.165, 1.54) is 0 Å². The van der Waals surface area contributed by atoms with Gasteiger partial charge in [0.05, 0.1) is 24.6 Å². The Labute approximate surface area is 165 Å². The average molecular weight is 385 g/mol. The van der Waals surface area contributed by atoms with Gasteiger partial charge in [0.2, 0.25) is 0 Å². The van der Waals surface area contributed by atoms with Crippen molar-refractivity contribution < 1.29 is 19.4 Å². The fourth-order valence-corrected chi connectivity index (χ4v) is 3.22. The van der Waals surface area contributed by atoms with Crippen LogP contribution in [0.15, 0.2) is 42.5 Å². The highest BCUT2D eigenvalue weighted by Crippen LogP contribution is 2.30. The first-order valence-electron chi connectivity index (χ1n) is 9.61. The van der Waals surface area contributed by atoms with E-state index in [2.05, 4.69) is 10.2 Å². The Morgan fingerprint density at radius 1 is 1.04 bits per heavy atom. The lowest BCUT2D eigenvalue weighted by molar-refractivity contribution is 0.208. The highest BCUT2D eigenvalue weighted by atomic mass is 16.5. The number of nitrogens with one attached hydrogen (secondary N) is 1. The topological polar surface area (TPSA) is 74.3 Å². The number of carbonyl (C=O) groups is 1. The SMILES string of the molecule is CCOc1ccc(OCC)c(NC(=O)N2CCN(c3ccccc3O)CC2)c1. The van der Waals surface area contributed by atoms with E-state index >= 15 is 0 Å². The molecule has 3 rings (SSSR count). The zero-order valence-electron chi connectivity index (χ0n) is 16.4. The second-order valence-corrected chi connectivity index (χ2v) is 6.42. The highest BCUT2D eigenvalue weighted by molar-refractivity contribution is 5.91. The van der Waals surface area contributed by atoms with Crippen LogP contribution in [0.25, 0.3) is 0 Å². The van der Waals surface area contributed by atoms with Crippen LogP contribution in [0.4, 0.5) is 16.2 Å². The third-order valence-electron chi connectivity index (χ3n) is 4.59. The molecule has 150 valence electrons. The summed E-state index contributed by atoms with van der Waals surface area (Å²) in [6.07, 6.45) is 0. The molecule has 2 aromatic rings. The summed E-state index contributed by atoms with van der Waals surface area (Å²) in [6.45, 7) is 7.32. The first-order chi connectivity index (χ1) is 13.6. The number of para-hydroxylation sites is 2. The maximum absolute atomic E-state index is 12.8. The van der Waals surface area contributed by atoms with Crippen LogP contribution in [-0.4, -0.2) is 55.4 Å². The molecule has 0 spiro atoms. The molecule has 0 bridgehead atoms. The number of rotatable bonds is 6. The van der Waals surface area contributed by atoms with E-state index in [9.17, 15) is 9.90 Å². The highest BCUT2D eigenvalue weighted by Gasteiger charge is 2.23. The Bertz CT molecular complexity index is 804. The van der Waals surface area contributed by atoms with E-state index in [-0.39, 0.29) is 11.8 Å². The lowest BCUT2D eigenvalue weighted by Gasteiger charge is -2.36. The molecule has 2 aromatic carbocycles. The maximum Gasteiger partial charge on any atom is 0.322 e. The van der Waals surface area contributed by atoms with Gasteiger partial charge in [-0.05, 0) is 38.1 Å². The minimum absolute atomic E-state index is 0.175. The van der Waals surface area contributed by atoms with Crippen molar-refractivity contribution in [2.75, 3.05) is 49.6 Å². The van der Waals surface area contributed by atoms with Gasteiger partial charge in [-0.25, -0.2) is 4.79 Å². The summed E-state index contributed by atoms with van der Waals surface area (Å²) in [4.78, 5) is 16.6. The predicted molar refractivity (Wildman–Crippen MR) is 110 cm³/mol. The molecule has 2 amide bonds. The number of phenols is 1. The minimum atomic E-state index is -0.175. The van der Waals surface area contributed by atoms with E-state index < -0.39 is 0 Å². The molecule has 7 nitrogen and oxygen atoms in total. The second-order valence-electron chi connectivity index (χ2n) is 6.42. The van der Waals surface area contributed by atoms with Crippen molar-refractivity contribution >= 4 is 17.4 Å². The third kappa shape index (κ3) is 4.60. The molecule has 1 heterocycles. The normalized spacial score (nSPS) is 13.9. The number of carbonyl (C=O) groups excluding carboxylic acids is 1. The summed E-state index contributed by atoms with van der Waals surface area (Å²) in [5.41, 5.74) is 1.39. The number of anilines is 2. The van der Waals surface area contributed by atoms with Crippen LogP contribution < -0.4 is 19.7 Å². The molecule has 1 fully saturated rings. The van der Waals surface area contributed by atoms with Crippen molar-refractivity contribution in [1.29, 1.82) is 0 Å². The number of nitrogens with zero attached hydrogens (tertiary/aromatic N) is 2. The molecule has 0 atom stereocenters. The smallest absolute Gasteiger partial charge is 0.322 e. The molecule has 1 saturated heterocycles. The lowest BCUT2D eigenvalue weighted by atomic mass is 10.2. The molecule has 0 unspecified atom stereocenters. The minimum Gasteiger partial charge on any atom is -0.506 e. The van der Waals surface area contributed by atoms with Crippen LogP contribution in [0.3, 0.4) is 0 Å². The zero-order chi connectivity index (χ0) is 19.9. The van der Waals surface area contributed by atoms with Gasteiger partial charge in [-0.2, -0.15) is 0 Å². The van der Waals surface area contributed by atoms with Crippen LogP contribution in [-0.2, 0) is 0 Å². The number of phenolic OH excluding ortho intramolecular Hbond substituents is 1. The molecule has 1 aliphatic heterocycles. The molecule has 7 heteroatoms. The summed E-state index contributed by atoms with van der Waals surface area (Å²) < 4.78 is 11.2. The summed E-state index contributed by atoms with van der Waals surface area (Å²) in [5.74, 6) is 1.56. The molecule has 1 aliphatic rings. The Kier molecular flexibility index (Phi) is 6.47. The third-order valence-corrected chi connectivity index (χ3v) is 4.59. The monoisotopic (exact) mass is 385 g/mol. The quantitative estimate of drug-likeness (QED) is 0.796. The van der Waals surface area contributed by atoms with Crippen LogP contribution in [0, 0.1) is 0 Å². The number of amides is 2. The fraction of sp³-hybridized carbons (Fsp3) is 0.381. The van der Waals surface area contributed by atoms with Crippen LogP contribution in [0.5, 0.6) is 17.2 Å². The molecule has 0 aromatic heterocycles. The summed E-state index contributed by atoms with van der Waals surface area (Å²) in [6, 6.07) is 12.5. The number of benzene rings is 2. The van der Waals surface area contributed by atoms with E-state index in [1.54, 1.807) is 29.2 Å². The van der Waals surface area contributed by atoms with E-state index in [4.69, 9.17) is 9.47 Å². The van der Waals surface area contributed by atoms with Crippen molar-refractivity contribution in [3.63, 3.8) is 0 Å². The Balaban J connectivity index is 1.64. The van der Waals surface area contributed by atoms with Crippen LogP contribution in [0.1, 0.15) is 13.8 Å². The predicted octanol–water partition coefficient (Wildman–Crippen LogP) is 3.54. The zero-order valence-corrected chi connectivity index (χ0v) is 16.4. The molecule has 0 radical (unpaired) electrons. The van der Waals surface area contributed by atoms with Crippen molar-refractivity contribution in [3.05, 3.63) is 42.5 Å². The van der Waals surface area contributed by atoms with Gasteiger partial charge in [0.1, 0.15) is 17.2 Å². The van der Waals surface area contributed by atoms with E-state index in [0.29, 0.717) is 56.6 Å². The van der Waals surface area contributed by atoms with Crippen molar-refractivity contribution in [2.24, 2.45) is 0 Å². The standard InChI is InChI=1S/C21H27N3O4/c1-3-27-16-9-10-20(28-4-2)17(15-16)22-21(26)24-13-11-23(12-14-24)18-7-5-6-8-19(18)25/h5-10,15,25H,3-4,11-14H2,1-2H3,(H,22,26). The van der Waals surface area contributed by atoms with Gasteiger partial charge in [-0.15, -0.1) is 0 Å². The van der Waals surface area contributed by atoms with Crippen molar-refractivity contribution in [3.8, 4) is 17.2 Å². The maximum atomic E-state index is 12.8. The number of hydrogen-bond acceptors (Lipinski definition) is 5. The molecule has 28 heavy (non-hydrogen) atoms. The van der Waals surface area contributed by atoms with Gasteiger partial charge >= 0.3 is 6.03 Å². The largest absolute Gasteiger partial charge is 0.506 e. The lowest BCUT2D eigenvalue weighted by Crippen LogP contribution is -2.50. The van der Waals surface area contributed by atoms with Gasteiger partial charge in [0.25, 0.3) is 0 Å². The molecular formula is C21H27N3O4. The number of piperazine rings is 1. The molecular weight excluding hydrogens is 358 g/mol. The number of aromatic hydroxyl groups is 1. The van der Waals surface area contributed by atoms with Crippen LogP contribution in [0.2, 0.25) is 0 Å². The Morgan fingerprint density at radius 2 is 1.75 bits per heavy atom. The average Bonchev–Trinajstić information content (AvgIpc) is 2.71.